The Labute approximate surface area is 234 Å². The third-order valence-electron chi connectivity index (χ3n) is 12.1. The molecule has 4 aliphatic carbocycles. The van der Waals surface area contributed by atoms with Crippen LogP contribution in [0.25, 0.3) is 0 Å². The van der Waals surface area contributed by atoms with Crippen molar-refractivity contribution in [1.82, 2.24) is 0 Å². The first-order valence-electron chi connectivity index (χ1n) is 16.3. The van der Waals surface area contributed by atoms with Crippen LogP contribution in [0.15, 0.2) is 23.8 Å². The maximum absolute atomic E-state index is 12.4. The molecule has 0 aromatic carbocycles. The molecule has 3 saturated carbocycles. The van der Waals surface area contributed by atoms with E-state index in [0.717, 1.165) is 61.7 Å². The van der Waals surface area contributed by atoms with Gasteiger partial charge < -0.3 is 9.84 Å². The second-order valence-corrected chi connectivity index (χ2v) is 14.4. The van der Waals surface area contributed by atoms with Crippen molar-refractivity contribution in [2.45, 2.75) is 131 Å². The lowest BCUT2D eigenvalue weighted by molar-refractivity contribution is -0.151. The molecule has 38 heavy (non-hydrogen) atoms. The van der Waals surface area contributed by atoms with Crippen molar-refractivity contribution in [2.75, 3.05) is 6.61 Å². The predicted octanol–water partition coefficient (Wildman–Crippen LogP) is 8.90. The molecule has 3 unspecified atom stereocenters. The van der Waals surface area contributed by atoms with E-state index < -0.39 is 0 Å². The molecule has 0 aromatic heterocycles. The van der Waals surface area contributed by atoms with Crippen molar-refractivity contribution < 1.29 is 14.6 Å². The highest BCUT2D eigenvalue weighted by molar-refractivity contribution is 5.69. The van der Waals surface area contributed by atoms with Crippen LogP contribution in [0.5, 0.6) is 0 Å². The minimum absolute atomic E-state index is 0.0434. The zero-order valence-electron chi connectivity index (χ0n) is 25.5. The van der Waals surface area contributed by atoms with Crippen LogP contribution in [0, 0.1) is 52.3 Å². The number of allylic oxidation sites excluding steroid dienone is 3. The van der Waals surface area contributed by atoms with Crippen LogP contribution in [-0.2, 0) is 9.53 Å². The molecule has 4 aliphatic rings. The molecule has 216 valence electrons. The van der Waals surface area contributed by atoms with Crippen molar-refractivity contribution >= 4 is 5.97 Å². The summed E-state index contributed by atoms with van der Waals surface area (Å²) >= 11 is 0. The van der Waals surface area contributed by atoms with Gasteiger partial charge in [0.05, 0.1) is 0 Å². The average molecular weight is 527 g/mol. The molecular weight excluding hydrogens is 468 g/mol. The molecule has 0 radical (unpaired) electrons. The summed E-state index contributed by atoms with van der Waals surface area (Å²) in [6.45, 7) is 15.0. The van der Waals surface area contributed by atoms with Gasteiger partial charge in [0.15, 0.2) is 0 Å². The van der Waals surface area contributed by atoms with Gasteiger partial charge in [-0.3, -0.25) is 4.79 Å². The number of carbonyl (C=O) groups is 1. The van der Waals surface area contributed by atoms with Gasteiger partial charge in [0, 0.05) is 19.4 Å². The standard InChI is InChI=1S/C35H58O3/c1-7-26(24(2)3)13-12-25(4)30-16-17-31-29-15-14-27-23-28(38-33(37)11-9-8-10-22-36)18-20-34(27,5)32(29)19-21-35(30,31)6/h12-14,24-26,28-32,36H,7-11,15-23H2,1-6H3/t25-,26-,28+,29?,30-,31?,32?,34+,35-/m1/s1. The number of carbonyl (C=O) groups excluding carboxylic acids is 1. The van der Waals surface area contributed by atoms with Gasteiger partial charge in [-0.25, -0.2) is 0 Å². The van der Waals surface area contributed by atoms with Crippen LogP contribution in [0.3, 0.4) is 0 Å². The number of aliphatic hydroxyl groups is 1. The number of fused-ring (bicyclic) bond motifs is 5. The Hall–Kier alpha value is -1.09. The lowest BCUT2D eigenvalue weighted by Gasteiger charge is -2.58. The molecule has 0 aromatic rings. The highest BCUT2D eigenvalue weighted by Crippen LogP contribution is 2.67. The monoisotopic (exact) mass is 526 g/mol. The number of ether oxygens (including phenoxy) is 1. The molecule has 0 spiro atoms. The Morgan fingerprint density at radius 2 is 1.84 bits per heavy atom. The van der Waals surface area contributed by atoms with E-state index in [-0.39, 0.29) is 18.7 Å². The van der Waals surface area contributed by atoms with E-state index in [0.29, 0.717) is 29.1 Å². The fourth-order valence-electron chi connectivity index (χ4n) is 9.72. The van der Waals surface area contributed by atoms with E-state index in [9.17, 15) is 4.79 Å². The Balaban J connectivity index is 1.39. The van der Waals surface area contributed by atoms with Crippen molar-refractivity contribution in [3.63, 3.8) is 0 Å². The summed E-state index contributed by atoms with van der Waals surface area (Å²) in [6.07, 6.45) is 22.0. The third kappa shape index (κ3) is 5.98. The largest absolute Gasteiger partial charge is 0.462 e. The summed E-state index contributed by atoms with van der Waals surface area (Å²) in [7, 11) is 0. The summed E-state index contributed by atoms with van der Waals surface area (Å²) in [5.74, 6) is 5.37. The summed E-state index contributed by atoms with van der Waals surface area (Å²) in [5.41, 5.74) is 2.37. The van der Waals surface area contributed by atoms with Crippen LogP contribution in [0.4, 0.5) is 0 Å². The predicted molar refractivity (Wildman–Crippen MR) is 158 cm³/mol. The summed E-state index contributed by atoms with van der Waals surface area (Å²) < 4.78 is 5.94. The fraction of sp³-hybridized carbons (Fsp3) is 0.857. The van der Waals surface area contributed by atoms with E-state index in [2.05, 4.69) is 59.8 Å². The number of esters is 1. The molecule has 3 fully saturated rings. The number of rotatable bonds is 11. The molecule has 0 heterocycles. The van der Waals surface area contributed by atoms with E-state index >= 15 is 0 Å². The Bertz CT molecular complexity index is 857. The van der Waals surface area contributed by atoms with Crippen LogP contribution in [-0.4, -0.2) is 23.8 Å². The van der Waals surface area contributed by atoms with Gasteiger partial charge in [-0.05, 0) is 116 Å². The topological polar surface area (TPSA) is 46.5 Å². The van der Waals surface area contributed by atoms with Gasteiger partial charge in [-0.1, -0.05) is 71.8 Å². The first-order valence-corrected chi connectivity index (χ1v) is 16.3. The van der Waals surface area contributed by atoms with Gasteiger partial charge in [0.2, 0.25) is 0 Å². The van der Waals surface area contributed by atoms with E-state index in [1.165, 1.54) is 44.9 Å². The van der Waals surface area contributed by atoms with Crippen LogP contribution < -0.4 is 0 Å². The van der Waals surface area contributed by atoms with Crippen LogP contribution in [0.2, 0.25) is 0 Å². The molecule has 1 N–H and O–H groups in total. The minimum Gasteiger partial charge on any atom is -0.462 e. The second-order valence-electron chi connectivity index (χ2n) is 14.4. The maximum atomic E-state index is 12.4. The quantitative estimate of drug-likeness (QED) is 0.166. The lowest BCUT2D eigenvalue weighted by atomic mass is 9.47. The lowest BCUT2D eigenvalue weighted by Crippen LogP contribution is -2.51. The Kier molecular flexibility index (Phi) is 9.92. The first kappa shape index (κ1) is 29.9. The molecular formula is C35H58O3. The highest BCUT2D eigenvalue weighted by Gasteiger charge is 2.59. The normalized spacial score (nSPS) is 38.3. The molecule has 0 aliphatic heterocycles. The summed E-state index contributed by atoms with van der Waals surface area (Å²) in [4.78, 5) is 12.4. The van der Waals surface area contributed by atoms with Crippen molar-refractivity contribution in [2.24, 2.45) is 52.3 Å². The van der Waals surface area contributed by atoms with Gasteiger partial charge in [0.1, 0.15) is 6.10 Å². The van der Waals surface area contributed by atoms with Crippen molar-refractivity contribution in [3.8, 4) is 0 Å². The first-order chi connectivity index (χ1) is 18.1. The van der Waals surface area contributed by atoms with Crippen LogP contribution >= 0.6 is 0 Å². The molecule has 0 bridgehead atoms. The maximum Gasteiger partial charge on any atom is 0.306 e. The van der Waals surface area contributed by atoms with Gasteiger partial charge >= 0.3 is 5.97 Å². The van der Waals surface area contributed by atoms with Gasteiger partial charge in [-0.2, -0.15) is 0 Å². The average Bonchev–Trinajstić information content (AvgIpc) is 3.24. The van der Waals surface area contributed by atoms with E-state index in [4.69, 9.17) is 9.84 Å². The van der Waals surface area contributed by atoms with Crippen molar-refractivity contribution in [3.05, 3.63) is 23.8 Å². The SMILES string of the molecule is CC[C@H](C=C[C@@H](C)[C@H]1CCC2C3CC=C4C[C@@H](OC(=O)CCCCCO)CC[C@]4(C)C3CC[C@@]21C)C(C)C. The molecule has 3 heteroatoms. The summed E-state index contributed by atoms with van der Waals surface area (Å²) in [6, 6.07) is 0. The Morgan fingerprint density at radius 3 is 2.55 bits per heavy atom. The smallest absolute Gasteiger partial charge is 0.306 e. The zero-order chi connectivity index (χ0) is 27.5. The fourth-order valence-corrected chi connectivity index (χ4v) is 9.72. The molecule has 9 atom stereocenters. The van der Waals surface area contributed by atoms with Gasteiger partial charge in [-0.15, -0.1) is 0 Å². The van der Waals surface area contributed by atoms with Crippen LogP contribution in [0.1, 0.15) is 125 Å². The zero-order valence-corrected chi connectivity index (χ0v) is 25.5. The minimum atomic E-state index is -0.0434. The van der Waals surface area contributed by atoms with E-state index in [1.807, 2.05) is 0 Å². The number of unbranched alkanes of at least 4 members (excludes halogenated alkanes) is 2. The highest BCUT2D eigenvalue weighted by atomic mass is 16.5. The number of aliphatic hydroxyl groups excluding tert-OH is 1. The molecule has 0 amide bonds. The number of hydrogen-bond acceptors (Lipinski definition) is 3. The van der Waals surface area contributed by atoms with Crippen molar-refractivity contribution in [1.29, 1.82) is 0 Å². The molecule has 4 rings (SSSR count). The Morgan fingerprint density at radius 1 is 1.05 bits per heavy atom. The van der Waals surface area contributed by atoms with E-state index in [1.54, 1.807) is 5.57 Å². The number of hydrogen-bond donors (Lipinski definition) is 1. The summed E-state index contributed by atoms with van der Waals surface area (Å²) in [5, 5.41) is 8.95. The molecule has 3 nitrogen and oxygen atoms in total. The molecule has 0 saturated heterocycles. The van der Waals surface area contributed by atoms with Gasteiger partial charge in [0.25, 0.3) is 0 Å². The third-order valence-corrected chi connectivity index (χ3v) is 12.1. The second kappa shape index (κ2) is 12.6.